The molecular weight excluding hydrogens is 407 g/mol. The van der Waals surface area contributed by atoms with Crippen molar-refractivity contribution < 1.29 is 22.7 Å². The van der Waals surface area contributed by atoms with Gasteiger partial charge in [0, 0.05) is 22.5 Å². The van der Waals surface area contributed by atoms with Gasteiger partial charge >= 0.3 is 6.18 Å². The minimum Gasteiger partial charge on any atom is -0.494 e. The molecule has 0 fully saturated rings. The highest BCUT2D eigenvalue weighted by Gasteiger charge is 2.39. The second-order valence-electron chi connectivity index (χ2n) is 7.35. The van der Waals surface area contributed by atoms with Gasteiger partial charge in [-0.1, -0.05) is 0 Å². The van der Waals surface area contributed by atoms with Crippen molar-refractivity contribution in [3.05, 3.63) is 71.0 Å². The molecule has 0 radical (unpaired) electrons. The van der Waals surface area contributed by atoms with Crippen molar-refractivity contribution >= 4 is 11.6 Å². The van der Waals surface area contributed by atoms with E-state index >= 15 is 0 Å². The van der Waals surface area contributed by atoms with E-state index < -0.39 is 11.9 Å². The molecule has 1 heterocycles. The molecule has 1 aromatic heterocycles. The molecule has 1 aliphatic rings. The second-order valence-corrected chi connectivity index (χ2v) is 7.35. The summed E-state index contributed by atoms with van der Waals surface area (Å²) in [7, 11) is 0. The van der Waals surface area contributed by atoms with Crippen LogP contribution in [0, 0.1) is 0 Å². The number of aromatic nitrogens is 2. The monoisotopic (exact) mass is 429 g/mol. The van der Waals surface area contributed by atoms with Crippen molar-refractivity contribution in [3.63, 3.8) is 0 Å². The highest BCUT2D eigenvalue weighted by molar-refractivity contribution is 6.04. The number of carbonyl (C=O) groups excluding carboxylic acids is 1. The first kappa shape index (κ1) is 21.0. The third-order valence-electron chi connectivity index (χ3n) is 5.25. The molecule has 4 rings (SSSR count). The van der Waals surface area contributed by atoms with Crippen molar-refractivity contribution in [2.75, 3.05) is 11.9 Å². The summed E-state index contributed by atoms with van der Waals surface area (Å²) in [6, 6.07) is 13.4. The molecule has 8 heteroatoms. The van der Waals surface area contributed by atoms with Crippen LogP contribution >= 0.6 is 0 Å². The third-order valence-corrected chi connectivity index (χ3v) is 5.25. The number of hydrogen-bond donors (Lipinski definition) is 1. The fourth-order valence-corrected chi connectivity index (χ4v) is 3.80. The first-order valence-electron chi connectivity index (χ1n) is 10.2. The van der Waals surface area contributed by atoms with E-state index in [1.807, 2.05) is 6.92 Å². The number of nitrogens with zero attached hydrogens (tertiary/aromatic N) is 2. The van der Waals surface area contributed by atoms with E-state index in [0.29, 0.717) is 47.8 Å². The summed E-state index contributed by atoms with van der Waals surface area (Å²) < 4.78 is 47.0. The van der Waals surface area contributed by atoms with Gasteiger partial charge in [-0.2, -0.15) is 18.3 Å². The number of amides is 1. The number of alkyl halides is 3. The van der Waals surface area contributed by atoms with Gasteiger partial charge in [0.15, 0.2) is 5.69 Å². The molecule has 0 saturated heterocycles. The Kier molecular flexibility index (Phi) is 5.71. The van der Waals surface area contributed by atoms with Crippen LogP contribution in [0.3, 0.4) is 0 Å². The number of rotatable bonds is 5. The summed E-state index contributed by atoms with van der Waals surface area (Å²) >= 11 is 0. The van der Waals surface area contributed by atoms with Crippen molar-refractivity contribution in [2.45, 2.75) is 38.8 Å². The van der Waals surface area contributed by atoms with E-state index in [9.17, 15) is 18.0 Å². The van der Waals surface area contributed by atoms with Gasteiger partial charge in [0.05, 0.1) is 12.3 Å². The smallest absolute Gasteiger partial charge is 0.435 e. The lowest BCUT2D eigenvalue weighted by atomic mass is 9.95. The minimum absolute atomic E-state index is 0.288. The molecule has 0 unspecified atom stereocenters. The summed E-state index contributed by atoms with van der Waals surface area (Å²) in [6.45, 7) is 2.45. The molecule has 5 nitrogen and oxygen atoms in total. The Morgan fingerprint density at radius 2 is 1.74 bits per heavy atom. The van der Waals surface area contributed by atoms with Gasteiger partial charge < -0.3 is 10.1 Å². The summed E-state index contributed by atoms with van der Waals surface area (Å²) in [5.41, 5.74) is 1.61. The number of benzene rings is 2. The molecular formula is C23H22F3N3O2. The lowest BCUT2D eigenvalue weighted by Crippen LogP contribution is -2.12. The first-order chi connectivity index (χ1) is 14.9. The molecule has 31 heavy (non-hydrogen) atoms. The Balaban J connectivity index is 1.54. The van der Waals surface area contributed by atoms with E-state index in [-0.39, 0.29) is 11.5 Å². The highest BCUT2D eigenvalue weighted by Crippen LogP contribution is 2.36. The maximum atomic E-state index is 13.4. The van der Waals surface area contributed by atoms with Gasteiger partial charge in [0.2, 0.25) is 0 Å². The third kappa shape index (κ3) is 4.42. The van der Waals surface area contributed by atoms with E-state index in [0.717, 1.165) is 12.8 Å². The van der Waals surface area contributed by atoms with Gasteiger partial charge in [0.1, 0.15) is 5.75 Å². The molecule has 0 atom stereocenters. The quantitative estimate of drug-likeness (QED) is 0.589. The molecule has 1 aliphatic carbocycles. The number of fused-ring (bicyclic) bond motifs is 1. The Hall–Kier alpha value is -3.29. The van der Waals surface area contributed by atoms with Gasteiger partial charge in [0.25, 0.3) is 5.91 Å². The standard InChI is InChI=1S/C23H22F3N3O2/c1-2-31-18-13-9-16(10-14-18)27-22(30)15-7-11-17(12-8-15)29-20-6-4-3-5-19(20)21(28-29)23(24,25)26/h7-14H,2-6H2,1H3,(H,27,30). The van der Waals surface area contributed by atoms with E-state index in [1.165, 1.54) is 4.68 Å². The van der Waals surface area contributed by atoms with E-state index in [2.05, 4.69) is 10.4 Å². The highest BCUT2D eigenvalue weighted by atomic mass is 19.4. The summed E-state index contributed by atoms with van der Waals surface area (Å²) in [4.78, 5) is 12.5. The molecule has 2 aromatic carbocycles. The first-order valence-corrected chi connectivity index (χ1v) is 10.2. The van der Waals surface area contributed by atoms with Crippen LogP contribution in [0.4, 0.5) is 18.9 Å². The predicted octanol–water partition coefficient (Wildman–Crippen LogP) is 5.42. The Morgan fingerprint density at radius 3 is 2.39 bits per heavy atom. The summed E-state index contributed by atoms with van der Waals surface area (Å²) in [5.74, 6) is 0.403. The van der Waals surface area contributed by atoms with E-state index in [4.69, 9.17) is 4.74 Å². The lowest BCUT2D eigenvalue weighted by Gasteiger charge is -2.15. The Bertz CT molecular complexity index is 1070. The fourth-order valence-electron chi connectivity index (χ4n) is 3.80. The van der Waals surface area contributed by atoms with E-state index in [1.54, 1.807) is 48.5 Å². The van der Waals surface area contributed by atoms with Crippen LogP contribution in [0.15, 0.2) is 48.5 Å². The van der Waals surface area contributed by atoms with Crippen molar-refractivity contribution in [1.29, 1.82) is 0 Å². The SMILES string of the molecule is CCOc1ccc(NC(=O)c2ccc(-n3nc(C(F)(F)F)c4c3CCCC4)cc2)cc1. The van der Waals surface area contributed by atoms with Crippen molar-refractivity contribution in [1.82, 2.24) is 9.78 Å². The molecule has 0 saturated carbocycles. The van der Waals surface area contributed by atoms with Crippen LogP contribution < -0.4 is 10.1 Å². The van der Waals surface area contributed by atoms with Gasteiger partial charge in [-0.3, -0.25) is 4.79 Å². The zero-order chi connectivity index (χ0) is 22.0. The number of carbonyl (C=O) groups is 1. The van der Waals surface area contributed by atoms with Crippen LogP contribution in [-0.2, 0) is 19.0 Å². The van der Waals surface area contributed by atoms with Crippen molar-refractivity contribution in [3.8, 4) is 11.4 Å². The molecule has 1 N–H and O–H groups in total. The molecule has 0 spiro atoms. The average Bonchev–Trinajstić information content (AvgIpc) is 3.16. The number of nitrogens with one attached hydrogen (secondary N) is 1. The Morgan fingerprint density at radius 1 is 1.06 bits per heavy atom. The van der Waals surface area contributed by atoms with Crippen LogP contribution in [0.25, 0.3) is 5.69 Å². The van der Waals surface area contributed by atoms with Crippen LogP contribution in [0.1, 0.15) is 47.1 Å². The maximum absolute atomic E-state index is 13.4. The Labute approximate surface area is 177 Å². The lowest BCUT2D eigenvalue weighted by molar-refractivity contribution is -0.142. The van der Waals surface area contributed by atoms with Gasteiger partial charge in [-0.05, 0) is 81.1 Å². The molecule has 162 valence electrons. The number of halogens is 3. The molecule has 0 aliphatic heterocycles. The maximum Gasteiger partial charge on any atom is 0.435 e. The van der Waals surface area contributed by atoms with Crippen LogP contribution in [0.2, 0.25) is 0 Å². The number of hydrogen-bond acceptors (Lipinski definition) is 3. The van der Waals surface area contributed by atoms with Crippen LogP contribution in [0.5, 0.6) is 5.75 Å². The van der Waals surface area contributed by atoms with Gasteiger partial charge in [-0.25, -0.2) is 4.68 Å². The topological polar surface area (TPSA) is 56.1 Å². The number of ether oxygens (including phenoxy) is 1. The normalized spacial score (nSPS) is 13.5. The summed E-state index contributed by atoms with van der Waals surface area (Å²) in [6.07, 6.45) is -1.99. The minimum atomic E-state index is -4.48. The molecule has 3 aromatic rings. The van der Waals surface area contributed by atoms with Crippen LogP contribution in [-0.4, -0.2) is 22.3 Å². The zero-order valence-corrected chi connectivity index (χ0v) is 17.0. The van der Waals surface area contributed by atoms with Gasteiger partial charge in [-0.15, -0.1) is 0 Å². The molecule has 1 amide bonds. The zero-order valence-electron chi connectivity index (χ0n) is 17.0. The molecule has 0 bridgehead atoms. The second kappa shape index (κ2) is 8.45. The summed E-state index contributed by atoms with van der Waals surface area (Å²) in [5, 5.41) is 6.67. The average molecular weight is 429 g/mol. The largest absolute Gasteiger partial charge is 0.494 e. The number of anilines is 1. The van der Waals surface area contributed by atoms with Crippen molar-refractivity contribution in [2.24, 2.45) is 0 Å². The fraction of sp³-hybridized carbons (Fsp3) is 0.304. The predicted molar refractivity (Wildman–Crippen MR) is 111 cm³/mol.